The number of ether oxygens (including phenoxy) is 1. The lowest BCUT2D eigenvalue weighted by Crippen LogP contribution is -2.31. The number of rotatable bonds is 10. The lowest BCUT2D eigenvalue weighted by molar-refractivity contribution is 0.0531. The van der Waals surface area contributed by atoms with Gasteiger partial charge in [0.1, 0.15) is 21.3 Å². The monoisotopic (exact) mass is 460 g/mol. The number of aliphatic hydroxyl groups excluding tert-OH is 1. The Bertz CT molecular complexity index is 1020. The Kier molecular flexibility index (Phi) is 8.25. The van der Waals surface area contributed by atoms with Gasteiger partial charge < -0.3 is 20.1 Å². The molecular weight excluding hydrogens is 432 g/mol. The number of aryl methyl sites for hydroxylation is 1. The van der Waals surface area contributed by atoms with E-state index in [9.17, 15) is 9.90 Å². The minimum Gasteiger partial charge on any atom is -0.462 e. The third kappa shape index (κ3) is 6.16. The molecule has 3 rings (SSSR count). The van der Waals surface area contributed by atoms with E-state index in [0.717, 1.165) is 20.7 Å². The van der Waals surface area contributed by atoms with Crippen molar-refractivity contribution < 1.29 is 14.6 Å². The first-order chi connectivity index (χ1) is 14.9. The lowest BCUT2D eigenvalue weighted by Gasteiger charge is -2.17. The minimum atomic E-state index is -0.550. The van der Waals surface area contributed by atoms with Crippen molar-refractivity contribution in [2.24, 2.45) is 0 Å². The molecule has 0 aliphatic carbocycles. The Morgan fingerprint density at radius 3 is 2.71 bits per heavy atom. The van der Waals surface area contributed by atoms with Crippen LogP contribution in [-0.4, -0.2) is 65.8 Å². The van der Waals surface area contributed by atoms with Gasteiger partial charge in [-0.3, -0.25) is 0 Å². The van der Waals surface area contributed by atoms with Crippen LogP contribution in [0.1, 0.15) is 28.0 Å². The SMILES string of the molecule is CCOC(=O)c1sc2nc(CSc3ccccc3)nc(NCC(O)CN(C)C)c2c1C. The van der Waals surface area contributed by atoms with E-state index in [1.165, 1.54) is 11.3 Å². The van der Waals surface area contributed by atoms with Crippen LogP contribution >= 0.6 is 23.1 Å². The second kappa shape index (κ2) is 10.9. The molecule has 1 atom stereocenters. The van der Waals surface area contributed by atoms with E-state index in [4.69, 9.17) is 14.7 Å². The van der Waals surface area contributed by atoms with Gasteiger partial charge in [-0.25, -0.2) is 14.8 Å². The Hall–Kier alpha value is -2.20. The zero-order valence-corrected chi connectivity index (χ0v) is 19.8. The van der Waals surface area contributed by atoms with Gasteiger partial charge in [0.25, 0.3) is 0 Å². The molecule has 166 valence electrons. The number of fused-ring (bicyclic) bond motifs is 1. The predicted octanol–water partition coefficient (Wildman–Crippen LogP) is 3.80. The number of hydrogen-bond acceptors (Lipinski definition) is 9. The van der Waals surface area contributed by atoms with Crippen LogP contribution in [0.2, 0.25) is 0 Å². The van der Waals surface area contributed by atoms with E-state index >= 15 is 0 Å². The summed E-state index contributed by atoms with van der Waals surface area (Å²) < 4.78 is 5.21. The summed E-state index contributed by atoms with van der Waals surface area (Å²) in [5.74, 6) is 1.56. The summed E-state index contributed by atoms with van der Waals surface area (Å²) in [5, 5.41) is 14.4. The Morgan fingerprint density at radius 2 is 2.03 bits per heavy atom. The molecule has 3 aromatic rings. The predicted molar refractivity (Wildman–Crippen MR) is 127 cm³/mol. The van der Waals surface area contributed by atoms with Gasteiger partial charge in [0.15, 0.2) is 0 Å². The maximum absolute atomic E-state index is 12.4. The van der Waals surface area contributed by atoms with Crippen molar-refractivity contribution in [1.29, 1.82) is 0 Å². The molecule has 2 heterocycles. The highest BCUT2D eigenvalue weighted by molar-refractivity contribution is 7.98. The number of likely N-dealkylation sites (N-methyl/N-ethyl adjacent to an activating group) is 1. The number of aliphatic hydroxyl groups is 1. The van der Waals surface area contributed by atoms with E-state index in [-0.39, 0.29) is 5.97 Å². The zero-order valence-electron chi connectivity index (χ0n) is 18.2. The molecule has 1 aromatic carbocycles. The molecule has 9 heteroatoms. The molecule has 0 saturated carbocycles. The summed E-state index contributed by atoms with van der Waals surface area (Å²) in [7, 11) is 3.83. The second-order valence-electron chi connectivity index (χ2n) is 7.34. The van der Waals surface area contributed by atoms with Gasteiger partial charge in [-0.1, -0.05) is 18.2 Å². The van der Waals surface area contributed by atoms with Crippen LogP contribution in [0.25, 0.3) is 10.2 Å². The van der Waals surface area contributed by atoms with Gasteiger partial charge >= 0.3 is 5.97 Å². The zero-order chi connectivity index (χ0) is 22.4. The molecule has 7 nitrogen and oxygen atoms in total. The molecule has 0 fully saturated rings. The molecular formula is C22H28N4O3S2. The smallest absolute Gasteiger partial charge is 0.348 e. The molecule has 0 aliphatic heterocycles. The molecule has 0 spiro atoms. The van der Waals surface area contributed by atoms with Crippen LogP contribution in [0, 0.1) is 6.92 Å². The number of thioether (sulfide) groups is 1. The molecule has 31 heavy (non-hydrogen) atoms. The average Bonchev–Trinajstić information content (AvgIpc) is 3.07. The minimum absolute atomic E-state index is 0.318. The van der Waals surface area contributed by atoms with Crippen LogP contribution in [0.4, 0.5) is 5.82 Å². The first kappa shape index (κ1) is 23.5. The number of aromatic nitrogens is 2. The van der Waals surface area contributed by atoms with Crippen LogP contribution in [0.15, 0.2) is 35.2 Å². The number of nitrogens with zero attached hydrogens (tertiary/aromatic N) is 3. The number of hydrogen-bond donors (Lipinski definition) is 2. The fraction of sp³-hybridized carbons (Fsp3) is 0.409. The van der Waals surface area contributed by atoms with Gasteiger partial charge in [-0.2, -0.15) is 0 Å². The van der Waals surface area contributed by atoms with Crippen LogP contribution < -0.4 is 5.32 Å². The number of esters is 1. The van der Waals surface area contributed by atoms with Gasteiger partial charge in [-0.05, 0) is 45.6 Å². The Morgan fingerprint density at radius 1 is 1.29 bits per heavy atom. The molecule has 0 bridgehead atoms. The normalized spacial score (nSPS) is 12.3. The summed E-state index contributed by atoms with van der Waals surface area (Å²) in [6, 6.07) is 10.1. The molecule has 0 saturated heterocycles. The molecule has 0 amide bonds. The number of carbonyl (C=O) groups excluding carboxylic acids is 1. The third-order valence-corrected chi connectivity index (χ3v) is 6.66. The highest BCUT2D eigenvalue weighted by Gasteiger charge is 2.22. The number of thiophene rings is 1. The number of anilines is 1. The van der Waals surface area contributed by atoms with Crippen LogP contribution in [-0.2, 0) is 10.5 Å². The van der Waals surface area contributed by atoms with E-state index in [2.05, 4.69) is 5.32 Å². The van der Waals surface area contributed by atoms with Gasteiger partial charge in [0, 0.05) is 18.0 Å². The summed E-state index contributed by atoms with van der Waals surface area (Å²) in [4.78, 5) is 26.2. The van der Waals surface area contributed by atoms with Gasteiger partial charge in [0.2, 0.25) is 0 Å². The third-order valence-electron chi connectivity index (χ3n) is 4.49. The quantitative estimate of drug-likeness (QED) is 0.349. The molecule has 0 aliphatic rings. The van der Waals surface area contributed by atoms with Crippen molar-refractivity contribution in [3.8, 4) is 0 Å². The lowest BCUT2D eigenvalue weighted by atomic mass is 10.2. The summed E-state index contributed by atoms with van der Waals surface area (Å²) in [5.41, 5.74) is 0.797. The van der Waals surface area contributed by atoms with Gasteiger partial charge in [-0.15, -0.1) is 23.1 Å². The van der Waals surface area contributed by atoms with Crippen molar-refractivity contribution in [3.63, 3.8) is 0 Å². The van der Waals surface area contributed by atoms with Gasteiger partial charge in [0.05, 0.1) is 23.8 Å². The summed E-state index contributed by atoms with van der Waals surface area (Å²) >= 11 is 2.97. The highest BCUT2D eigenvalue weighted by Crippen LogP contribution is 2.35. The number of carbonyl (C=O) groups is 1. The fourth-order valence-electron chi connectivity index (χ4n) is 3.13. The second-order valence-corrected chi connectivity index (χ2v) is 9.39. The first-order valence-corrected chi connectivity index (χ1v) is 11.9. The van der Waals surface area contributed by atoms with E-state index in [1.54, 1.807) is 18.7 Å². The molecule has 0 radical (unpaired) electrons. The topological polar surface area (TPSA) is 87.6 Å². The van der Waals surface area contributed by atoms with Crippen molar-refractivity contribution in [1.82, 2.24) is 14.9 Å². The van der Waals surface area contributed by atoms with E-state index in [1.807, 2.05) is 56.3 Å². The van der Waals surface area contributed by atoms with Crippen molar-refractivity contribution in [2.75, 3.05) is 39.1 Å². The molecule has 2 N–H and O–H groups in total. The van der Waals surface area contributed by atoms with Crippen LogP contribution in [0.5, 0.6) is 0 Å². The van der Waals surface area contributed by atoms with E-state index in [0.29, 0.717) is 42.0 Å². The Balaban J connectivity index is 1.92. The summed E-state index contributed by atoms with van der Waals surface area (Å²) in [6.07, 6.45) is -0.550. The molecule has 2 aromatic heterocycles. The Labute approximate surface area is 190 Å². The maximum Gasteiger partial charge on any atom is 0.348 e. The maximum atomic E-state index is 12.4. The molecule has 1 unspecified atom stereocenters. The van der Waals surface area contributed by atoms with Crippen molar-refractivity contribution >= 4 is 45.1 Å². The van der Waals surface area contributed by atoms with Crippen LogP contribution in [0.3, 0.4) is 0 Å². The fourth-order valence-corrected chi connectivity index (χ4v) is 5.00. The van der Waals surface area contributed by atoms with E-state index < -0.39 is 6.10 Å². The summed E-state index contributed by atoms with van der Waals surface area (Å²) in [6.45, 7) is 4.87. The largest absolute Gasteiger partial charge is 0.462 e. The van der Waals surface area contributed by atoms with Crippen molar-refractivity contribution in [3.05, 3.63) is 46.6 Å². The highest BCUT2D eigenvalue weighted by atomic mass is 32.2. The number of benzene rings is 1. The first-order valence-electron chi connectivity index (χ1n) is 10.1. The average molecular weight is 461 g/mol. The standard InChI is InChI=1S/C22H28N4O3S2/c1-5-29-22(28)19-14(2)18-20(23-11-15(27)12-26(3)4)24-17(25-21(18)31-19)13-30-16-9-7-6-8-10-16/h6-10,15,27H,5,11-13H2,1-4H3,(H,23,24,25). The number of nitrogens with one attached hydrogen (secondary N) is 1. The van der Waals surface area contributed by atoms with Crippen molar-refractivity contribution in [2.45, 2.75) is 30.6 Å².